The summed E-state index contributed by atoms with van der Waals surface area (Å²) in [5.41, 5.74) is 0.953. The number of anilines is 1. The summed E-state index contributed by atoms with van der Waals surface area (Å²) in [5.74, 6) is -0.831. The number of sulfonamides is 1. The Kier molecular flexibility index (Phi) is 8.30. The van der Waals surface area contributed by atoms with Crippen LogP contribution >= 0.6 is 0 Å². The third kappa shape index (κ3) is 6.13. The van der Waals surface area contributed by atoms with Crippen molar-refractivity contribution in [3.8, 4) is 6.07 Å². The van der Waals surface area contributed by atoms with E-state index in [0.29, 0.717) is 24.2 Å². The number of amides is 2. The van der Waals surface area contributed by atoms with Crippen molar-refractivity contribution < 1.29 is 18.0 Å². The van der Waals surface area contributed by atoms with Crippen LogP contribution in [0.3, 0.4) is 0 Å². The first kappa shape index (κ1) is 24.1. The van der Waals surface area contributed by atoms with Crippen molar-refractivity contribution >= 4 is 27.5 Å². The number of benzene rings is 2. The molecule has 0 saturated heterocycles. The second-order valence-corrected chi connectivity index (χ2v) is 9.06. The van der Waals surface area contributed by atoms with E-state index in [1.807, 2.05) is 19.1 Å². The molecule has 0 spiro atoms. The molecule has 2 amide bonds. The smallest absolute Gasteiger partial charge is 0.246 e. The molecule has 31 heavy (non-hydrogen) atoms. The first-order chi connectivity index (χ1) is 14.7. The van der Waals surface area contributed by atoms with Crippen molar-refractivity contribution in [3.63, 3.8) is 0 Å². The molecule has 8 nitrogen and oxygen atoms in total. The predicted octanol–water partition coefficient (Wildman–Crippen LogP) is 2.44. The van der Waals surface area contributed by atoms with Crippen LogP contribution in [0.2, 0.25) is 0 Å². The number of hydrogen-bond donors (Lipinski definition) is 1. The minimum absolute atomic E-state index is 0.0151. The minimum Gasteiger partial charge on any atom is -0.330 e. The van der Waals surface area contributed by atoms with Gasteiger partial charge in [-0.3, -0.25) is 9.59 Å². The van der Waals surface area contributed by atoms with Gasteiger partial charge in [0.15, 0.2) is 0 Å². The summed E-state index contributed by atoms with van der Waals surface area (Å²) in [4.78, 5) is 26.9. The van der Waals surface area contributed by atoms with E-state index in [0.717, 1.165) is 4.31 Å². The van der Waals surface area contributed by atoms with Crippen molar-refractivity contribution in [1.82, 2.24) is 9.21 Å². The monoisotopic (exact) mass is 442 g/mol. The Labute approximate surface area is 183 Å². The predicted molar refractivity (Wildman–Crippen MR) is 118 cm³/mol. The quantitative estimate of drug-likeness (QED) is 0.641. The van der Waals surface area contributed by atoms with Crippen LogP contribution in [0, 0.1) is 11.3 Å². The lowest BCUT2D eigenvalue weighted by Gasteiger charge is -2.29. The zero-order valence-corrected chi connectivity index (χ0v) is 18.6. The summed E-state index contributed by atoms with van der Waals surface area (Å²) in [6, 6.07) is 15.5. The highest BCUT2D eigenvalue weighted by Crippen LogP contribution is 2.16. The van der Waals surface area contributed by atoms with Gasteiger partial charge in [-0.25, -0.2) is 8.42 Å². The molecule has 0 heterocycles. The van der Waals surface area contributed by atoms with Gasteiger partial charge in [-0.15, -0.1) is 0 Å². The number of carbonyl (C=O) groups excluding carboxylic acids is 2. The molecule has 9 heteroatoms. The number of rotatable bonds is 9. The molecule has 0 radical (unpaired) electrons. The van der Waals surface area contributed by atoms with Gasteiger partial charge in [-0.2, -0.15) is 9.57 Å². The maximum Gasteiger partial charge on any atom is 0.246 e. The van der Waals surface area contributed by atoms with E-state index in [4.69, 9.17) is 5.26 Å². The maximum atomic E-state index is 12.9. The number of nitrogens with zero attached hydrogens (tertiary/aromatic N) is 3. The van der Waals surface area contributed by atoms with E-state index >= 15 is 0 Å². The van der Waals surface area contributed by atoms with Gasteiger partial charge in [-0.1, -0.05) is 25.1 Å². The lowest BCUT2D eigenvalue weighted by Crippen LogP contribution is -2.49. The number of carbonyl (C=O) groups is 2. The van der Waals surface area contributed by atoms with Crippen LogP contribution in [0.15, 0.2) is 59.5 Å². The van der Waals surface area contributed by atoms with Crippen LogP contribution in [0.1, 0.15) is 25.8 Å². The fourth-order valence-corrected chi connectivity index (χ4v) is 4.05. The van der Waals surface area contributed by atoms with E-state index < -0.39 is 28.5 Å². The molecule has 1 N–H and O–H groups in total. The van der Waals surface area contributed by atoms with E-state index in [-0.39, 0.29) is 10.8 Å². The minimum atomic E-state index is -3.93. The zero-order chi connectivity index (χ0) is 23.0. The van der Waals surface area contributed by atoms with Gasteiger partial charge in [0.1, 0.15) is 6.04 Å². The van der Waals surface area contributed by atoms with E-state index in [2.05, 4.69) is 5.32 Å². The molecule has 164 valence electrons. The topological polar surface area (TPSA) is 111 Å². The average Bonchev–Trinajstić information content (AvgIpc) is 2.77. The van der Waals surface area contributed by atoms with Crippen molar-refractivity contribution in [3.05, 3.63) is 60.2 Å². The summed E-state index contributed by atoms with van der Waals surface area (Å²) >= 11 is 0. The van der Waals surface area contributed by atoms with E-state index in [1.54, 1.807) is 31.2 Å². The van der Waals surface area contributed by atoms with Crippen molar-refractivity contribution in [2.75, 3.05) is 25.5 Å². The Morgan fingerprint density at radius 2 is 1.71 bits per heavy atom. The lowest BCUT2D eigenvalue weighted by atomic mass is 10.2. The molecule has 0 saturated carbocycles. The first-order valence-electron chi connectivity index (χ1n) is 9.82. The number of para-hydroxylation sites is 1. The molecular weight excluding hydrogens is 416 g/mol. The van der Waals surface area contributed by atoms with Gasteiger partial charge < -0.3 is 10.2 Å². The van der Waals surface area contributed by atoms with Gasteiger partial charge in [-0.05, 0) is 49.7 Å². The molecule has 0 aliphatic carbocycles. The SMILES string of the molecule is CCCN(C(=O)CN(C)S(=O)(=O)c1ccc(C#N)cc1)C(C)C(=O)Nc1ccccc1. The van der Waals surface area contributed by atoms with Crippen LogP contribution < -0.4 is 5.32 Å². The van der Waals surface area contributed by atoms with E-state index in [9.17, 15) is 18.0 Å². The van der Waals surface area contributed by atoms with Crippen LogP contribution in [-0.2, 0) is 19.6 Å². The molecule has 0 aliphatic rings. The Balaban J connectivity index is 2.12. The van der Waals surface area contributed by atoms with Crippen molar-refractivity contribution in [1.29, 1.82) is 5.26 Å². The second-order valence-electron chi connectivity index (χ2n) is 7.02. The Hall–Kier alpha value is -3.22. The number of likely N-dealkylation sites (N-methyl/N-ethyl adjacent to an activating group) is 1. The molecule has 0 fully saturated rings. The number of hydrogen-bond acceptors (Lipinski definition) is 5. The number of nitriles is 1. The van der Waals surface area contributed by atoms with Gasteiger partial charge >= 0.3 is 0 Å². The molecule has 0 bridgehead atoms. The number of nitrogens with one attached hydrogen (secondary N) is 1. The third-order valence-electron chi connectivity index (χ3n) is 4.72. The maximum absolute atomic E-state index is 12.9. The normalized spacial score (nSPS) is 12.1. The molecule has 2 aromatic carbocycles. The molecule has 0 aliphatic heterocycles. The van der Waals surface area contributed by atoms with Crippen LogP contribution in [0.25, 0.3) is 0 Å². The van der Waals surface area contributed by atoms with Gasteiger partial charge in [0.25, 0.3) is 0 Å². The highest BCUT2D eigenvalue weighted by atomic mass is 32.2. The molecular formula is C22H26N4O4S. The zero-order valence-electron chi connectivity index (χ0n) is 17.8. The molecule has 2 rings (SSSR count). The standard InChI is InChI=1S/C22H26N4O4S/c1-4-14-26(17(2)22(28)24-19-8-6-5-7-9-19)21(27)16-25(3)31(29,30)20-12-10-18(15-23)11-13-20/h5-13,17H,4,14,16H2,1-3H3,(H,24,28). The summed E-state index contributed by atoms with van der Waals surface area (Å²) in [6.45, 7) is 3.39. The highest BCUT2D eigenvalue weighted by molar-refractivity contribution is 7.89. The molecule has 0 aromatic heterocycles. The highest BCUT2D eigenvalue weighted by Gasteiger charge is 2.29. The van der Waals surface area contributed by atoms with Gasteiger partial charge in [0, 0.05) is 19.3 Å². The molecule has 2 aromatic rings. The van der Waals surface area contributed by atoms with Gasteiger partial charge in [0.2, 0.25) is 21.8 Å². The summed E-state index contributed by atoms with van der Waals surface area (Å²) in [5, 5.41) is 11.6. The Bertz CT molecular complexity index is 1050. The van der Waals surface area contributed by atoms with Crippen molar-refractivity contribution in [2.24, 2.45) is 0 Å². The summed E-state index contributed by atoms with van der Waals surface area (Å²) in [6.07, 6.45) is 0.612. The van der Waals surface area contributed by atoms with Crippen LogP contribution in [0.5, 0.6) is 0 Å². The Morgan fingerprint density at radius 1 is 1.10 bits per heavy atom. The summed E-state index contributed by atoms with van der Waals surface area (Å²) < 4.78 is 26.5. The van der Waals surface area contributed by atoms with Crippen molar-refractivity contribution in [2.45, 2.75) is 31.2 Å². The largest absolute Gasteiger partial charge is 0.330 e. The fourth-order valence-electron chi connectivity index (χ4n) is 2.93. The first-order valence-corrected chi connectivity index (χ1v) is 11.3. The van der Waals surface area contributed by atoms with E-state index in [1.165, 1.54) is 36.2 Å². The van der Waals surface area contributed by atoms with Gasteiger partial charge in [0.05, 0.1) is 23.1 Å². The Morgan fingerprint density at radius 3 is 2.26 bits per heavy atom. The average molecular weight is 443 g/mol. The van der Waals surface area contributed by atoms with Crippen LogP contribution in [0.4, 0.5) is 5.69 Å². The lowest BCUT2D eigenvalue weighted by molar-refractivity contribution is -0.138. The van der Waals surface area contributed by atoms with Crippen LogP contribution in [-0.4, -0.2) is 55.6 Å². The second kappa shape index (κ2) is 10.7. The molecule has 1 unspecified atom stereocenters. The third-order valence-corrected chi connectivity index (χ3v) is 6.54. The fraction of sp³-hybridized carbons (Fsp3) is 0.318. The summed E-state index contributed by atoms with van der Waals surface area (Å²) in [7, 11) is -2.62. The molecule has 1 atom stereocenters.